The Morgan fingerprint density at radius 1 is 1.54 bits per heavy atom. The van der Waals surface area contributed by atoms with Crippen LogP contribution in [0, 0.1) is 5.82 Å². The zero-order valence-electron chi connectivity index (χ0n) is 7.34. The molecule has 0 radical (unpaired) electrons. The highest BCUT2D eigenvalue weighted by Gasteiger charge is 2.11. The number of methoxy groups -OCH3 is 1. The van der Waals surface area contributed by atoms with Gasteiger partial charge in [-0.3, -0.25) is 0 Å². The fourth-order valence-corrected chi connectivity index (χ4v) is 1.43. The number of rotatable bonds is 2. The molecule has 1 rings (SSSR count). The van der Waals surface area contributed by atoms with Gasteiger partial charge in [0.2, 0.25) is 0 Å². The van der Waals surface area contributed by atoms with E-state index in [9.17, 15) is 9.50 Å². The van der Waals surface area contributed by atoms with Crippen LogP contribution in [0.2, 0.25) is 0 Å². The predicted molar refractivity (Wildman–Crippen MR) is 51.3 cm³/mol. The SMILES string of the molecule is COc1cc(C(C)O)cc(Br)c1F. The second-order valence-corrected chi connectivity index (χ2v) is 3.55. The molecule has 0 bridgehead atoms. The smallest absolute Gasteiger partial charge is 0.179 e. The Bertz CT molecular complexity index is 313. The maximum atomic E-state index is 13.2. The molecule has 1 aromatic carbocycles. The lowest BCUT2D eigenvalue weighted by molar-refractivity contribution is 0.198. The second kappa shape index (κ2) is 4.07. The van der Waals surface area contributed by atoms with Gasteiger partial charge in [-0.25, -0.2) is 4.39 Å². The van der Waals surface area contributed by atoms with Crippen LogP contribution < -0.4 is 4.74 Å². The Morgan fingerprint density at radius 2 is 2.15 bits per heavy atom. The highest BCUT2D eigenvalue weighted by Crippen LogP contribution is 2.29. The molecular weight excluding hydrogens is 239 g/mol. The van der Waals surface area contributed by atoms with Crippen molar-refractivity contribution < 1.29 is 14.2 Å². The standard InChI is InChI=1S/C9H10BrFO2/c1-5(12)6-3-7(10)9(11)8(4-6)13-2/h3-5,12H,1-2H3. The lowest BCUT2D eigenvalue weighted by Crippen LogP contribution is -1.96. The van der Waals surface area contributed by atoms with Gasteiger partial charge >= 0.3 is 0 Å². The molecule has 0 fully saturated rings. The molecule has 0 saturated heterocycles. The molecule has 0 aliphatic heterocycles. The second-order valence-electron chi connectivity index (χ2n) is 2.69. The molecule has 0 aromatic heterocycles. The summed E-state index contributed by atoms with van der Waals surface area (Å²) < 4.78 is 18.3. The first-order valence-corrected chi connectivity index (χ1v) is 4.56. The summed E-state index contributed by atoms with van der Waals surface area (Å²) in [6.45, 7) is 1.61. The van der Waals surface area contributed by atoms with Gasteiger partial charge in [0.1, 0.15) is 0 Å². The van der Waals surface area contributed by atoms with Crippen LogP contribution in [0.4, 0.5) is 4.39 Å². The zero-order valence-corrected chi connectivity index (χ0v) is 8.93. The number of hydrogen-bond acceptors (Lipinski definition) is 2. The first-order valence-electron chi connectivity index (χ1n) is 3.77. The average Bonchev–Trinajstić information content (AvgIpc) is 2.09. The highest BCUT2D eigenvalue weighted by molar-refractivity contribution is 9.10. The molecule has 0 aliphatic carbocycles. The van der Waals surface area contributed by atoms with Gasteiger partial charge in [0, 0.05) is 0 Å². The largest absolute Gasteiger partial charge is 0.494 e. The molecule has 1 aromatic rings. The van der Waals surface area contributed by atoms with Gasteiger partial charge in [-0.1, -0.05) is 0 Å². The molecule has 13 heavy (non-hydrogen) atoms. The molecular formula is C9H10BrFO2. The van der Waals surface area contributed by atoms with Gasteiger partial charge in [0.05, 0.1) is 17.7 Å². The van der Waals surface area contributed by atoms with E-state index < -0.39 is 11.9 Å². The summed E-state index contributed by atoms with van der Waals surface area (Å²) >= 11 is 3.04. The van der Waals surface area contributed by atoms with E-state index >= 15 is 0 Å². The molecule has 4 heteroatoms. The van der Waals surface area contributed by atoms with Crippen LogP contribution in [-0.2, 0) is 0 Å². The molecule has 1 N–H and O–H groups in total. The van der Waals surface area contributed by atoms with Crippen LogP contribution >= 0.6 is 15.9 Å². The maximum Gasteiger partial charge on any atom is 0.179 e. The molecule has 0 aliphatic rings. The van der Waals surface area contributed by atoms with E-state index in [0.29, 0.717) is 10.0 Å². The molecule has 1 unspecified atom stereocenters. The number of hydrogen-bond donors (Lipinski definition) is 1. The fraction of sp³-hybridized carbons (Fsp3) is 0.333. The van der Waals surface area contributed by atoms with E-state index in [0.717, 1.165) is 0 Å². The van der Waals surface area contributed by atoms with Crippen LogP contribution in [0.1, 0.15) is 18.6 Å². The first kappa shape index (κ1) is 10.5. The van der Waals surface area contributed by atoms with Crippen LogP contribution in [0.15, 0.2) is 16.6 Å². The summed E-state index contributed by atoms with van der Waals surface area (Å²) in [5.74, 6) is -0.322. The van der Waals surface area contributed by atoms with Crippen LogP contribution in [0.5, 0.6) is 5.75 Å². The Labute approximate surface area is 84.5 Å². The number of aliphatic hydroxyl groups is 1. The third-order valence-electron chi connectivity index (χ3n) is 1.72. The third-order valence-corrected chi connectivity index (χ3v) is 2.30. The van der Waals surface area contributed by atoms with Crippen LogP contribution in [0.25, 0.3) is 0 Å². The molecule has 0 amide bonds. The quantitative estimate of drug-likeness (QED) is 0.873. The van der Waals surface area contributed by atoms with Gasteiger partial charge in [0.15, 0.2) is 11.6 Å². The predicted octanol–water partition coefficient (Wildman–Crippen LogP) is 2.65. The summed E-state index contributed by atoms with van der Waals surface area (Å²) in [5.41, 5.74) is 0.616. The van der Waals surface area contributed by atoms with Gasteiger partial charge in [-0.05, 0) is 40.5 Å². The van der Waals surface area contributed by atoms with Crippen molar-refractivity contribution in [3.05, 3.63) is 28.0 Å². The Kier molecular flexibility index (Phi) is 3.27. The Morgan fingerprint density at radius 3 is 2.62 bits per heavy atom. The van der Waals surface area contributed by atoms with Crippen molar-refractivity contribution in [1.82, 2.24) is 0 Å². The van der Waals surface area contributed by atoms with E-state index in [1.54, 1.807) is 6.92 Å². The summed E-state index contributed by atoms with van der Waals surface area (Å²) in [6.07, 6.45) is -0.634. The van der Waals surface area contributed by atoms with Crippen molar-refractivity contribution in [1.29, 1.82) is 0 Å². The fourth-order valence-electron chi connectivity index (χ4n) is 0.974. The van der Waals surface area contributed by atoms with E-state index in [4.69, 9.17) is 4.74 Å². The van der Waals surface area contributed by atoms with Gasteiger partial charge in [-0.15, -0.1) is 0 Å². The van der Waals surface area contributed by atoms with Crippen molar-refractivity contribution in [2.75, 3.05) is 7.11 Å². The zero-order chi connectivity index (χ0) is 10.0. The number of halogens is 2. The van der Waals surface area contributed by atoms with E-state index in [1.165, 1.54) is 19.2 Å². The summed E-state index contributed by atoms with van der Waals surface area (Å²) in [4.78, 5) is 0. The third kappa shape index (κ3) is 2.19. The Hall–Kier alpha value is -0.610. The van der Waals surface area contributed by atoms with Crippen molar-refractivity contribution >= 4 is 15.9 Å². The van der Waals surface area contributed by atoms with Gasteiger partial charge < -0.3 is 9.84 Å². The maximum absolute atomic E-state index is 13.2. The minimum absolute atomic E-state index is 0.130. The van der Waals surface area contributed by atoms with Crippen LogP contribution in [-0.4, -0.2) is 12.2 Å². The molecule has 2 nitrogen and oxygen atoms in total. The lowest BCUT2D eigenvalue weighted by atomic mass is 10.1. The minimum Gasteiger partial charge on any atom is -0.494 e. The van der Waals surface area contributed by atoms with Crippen molar-refractivity contribution in [2.45, 2.75) is 13.0 Å². The summed E-state index contributed by atoms with van der Waals surface area (Å²) in [6, 6.07) is 3.01. The van der Waals surface area contributed by atoms with Crippen molar-refractivity contribution in [2.24, 2.45) is 0 Å². The van der Waals surface area contributed by atoms with E-state index in [-0.39, 0.29) is 5.75 Å². The lowest BCUT2D eigenvalue weighted by Gasteiger charge is -2.09. The van der Waals surface area contributed by atoms with Gasteiger partial charge in [0.25, 0.3) is 0 Å². The monoisotopic (exact) mass is 248 g/mol. The van der Waals surface area contributed by atoms with Crippen LogP contribution in [0.3, 0.4) is 0 Å². The first-order chi connectivity index (χ1) is 6.06. The highest BCUT2D eigenvalue weighted by atomic mass is 79.9. The number of aliphatic hydroxyl groups excluding tert-OH is 1. The topological polar surface area (TPSA) is 29.5 Å². The molecule has 1 atom stereocenters. The van der Waals surface area contributed by atoms with Gasteiger partial charge in [-0.2, -0.15) is 0 Å². The average molecular weight is 249 g/mol. The summed E-state index contributed by atoms with van der Waals surface area (Å²) in [5, 5.41) is 9.26. The van der Waals surface area contributed by atoms with Crippen molar-refractivity contribution in [3.63, 3.8) is 0 Å². The summed E-state index contributed by atoms with van der Waals surface area (Å²) in [7, 11) is 1.39. The normalized spacial score (nSPS) is 12.7. The van der Waals surface area contributed by atoms with E-state index in [1.807, 2.05) is 0 Å². The Balaban J connectivity index is 3.22. The molecule has 0 spiro atoms. The van der Waals surface area contributed by atoms with Crippen molar-refractivity contribution in [3.8, 4) is 5.75 Å². The van der Waals surface area contributed by atoms with E-state index in [2.05, 4.69) is 15.9 Å². The minimum atomic E-state index is -0.634. The molecule has 0 saturated carbocycles. The number of ether oxygens (including phenoxy) is 1. The molecule has 0 heterocycles. The molecule has 72 valence electrons. The number of benzene rings is 1.